The molecule has 0 fully saturated rings. The molecule has 7 heteroatoms. The van der Waals surface area contributed by atoms with E-state index in [4.69, 9.17) is 0 Å². The van der Waals surface area contributed by atoms with Crippen molar-refractivity contribution in [1.82, 2.24) is 0 Å². The van der Waals surface area contributed by atoms with Gasteiger partial charge < -0.3 is 5.11 Å². The van der Waals surface area contributed by atoms with Gasteiger partial charge in [0, 0.05) is 11.1 Å². The fourth-order valence-electron chi connectivity index (χ4n) is 5.20. The minimum absolute atomic E-state index is 0.113. The first kappa shape index (κ1) is 26.4. The van der Waals surface area contributed by atoms with E-state index in [0.717, 1.165) is 45.8 Å². The van der Waals surface area contributed by atoms with Gasteiger partial charge >= 0.3 is 12.4 Å². The molecule has 0 atom stereocenters. The Kier molecular flexibility index (Phi) is 6.25. The van der Waals surface area contributed by atoms with E-state index in [1.807, 2.05) is 60.7 Å². The monoisotopic (exact) mass is 558 g/mol. The third-order valence-corrected chi connectivity index (χ3v) is 7.22. The molecule has 0 heterocycles. The zero-order chi connectivity index (χ0) is 28.9. The average Bonchev–Trinajstić information content (AvgIpc) is 2.96. The van der Waals surface area contributed by atoms with E-state index in [9.17, 15) is 31.4 Å². The van der Waals surface area contributed by atoms with Gasteiger partial charge in [-0.1, -0.05) is 72.8 Å². The van der Waals surface area contributed by atoms with Crippen LogP contribution in [-0.2, 0) is 12.4 Å². The smallest absolute Gasteiger partial charge is 0.416 e. The Morgan fingerprint density at radius 2 is 0.927 bits per heavy atom. The summed E-state index contributed by atoms with van der Waals surface area (Å²) in [5.74, 6) is -0.113. The number of phenolic OH excluding ortho intramolecular Hbond substituents is 1. The molecule has 1 N–H and O–H groups in total. The van der Waals surface area contributed by atoms with Gasteiger partial charge in [-0.25, -0.2) is 0 Å². The summed E-state index contributed by atoms with van der Waals surface area (Å²) in [6, 6.07) is 29.7. The van der Waals surface area contributed by atoms with E-state index in [2.05, 4.69) is 0 Å². The highest BCUT2D eigenvalue weighted by Gasteiger charge is 2.31. The third kappa shape index (κ3) is 4.88. The Morgan fingerprint density at radius 3 is 1.49 bits per heavy atom. The van der Waals surface area contributed by atoms with Gasteiger partial charge in [0.15, 0.2) is 0 Å². The fourth-order valence-corrected chi connectivity index (χ4v) is 5.20. The number of aromatic hydroxyl groups is 1. The highest BCUT2D eigenvalue weighted by molar-refractivity contribution is 6.11. The van der Waals surface area contributed by atoms with Crippen molar-refractivity contribution in [3.05, 3.63) is 126 Å². The van der Waals surface area contributed by atoms with Crippen molar-refractivity contribution in [2.45, 2.75) is 12.4 Å². The Morgan fingerprint density at radius 1 is 0.439 bits per heavy atom. The molecule has 0 aromatic heterocycles. The number of phenols is 1. The molecular formula is C34H20F6O. The molecule has 6 aromatic carbocycles. The van der Waals surface area contributed by atoms with Crippen molar-refractivity contribution in [2.75, 3.05) is 0 Å². The van der Waals surface area contributed by atoms with Crippen LogP contribution in [0.15, 0.2) is 115 Å². The van der Waals surface area contributed by atoms with E-state index >= 15 is 0 Å². The van der Waals surface area contributed by atoms with E-state index in [-0.39, 0.29) is 5.75 Å². The van der Waals surface area contributed by atoms with Crippen molar-refractivity contribution in [2.24, 2.45) is 0 Å². The maximum absolute atomic E-state index is 13.2. The van der Waals surface area contributed by atoms with Crippen molar-refractivity contribution in [3.63, 3.8) is 0 Å². The number of alkyl halides is 6. The predicted molar refractivity (Wildman–Crippen MR) is 149 cm³/mol. The number of fused-ring (bicyclic) bond motifs is 2. The summed E-state index contributed by atoms with van der Waals surface area (Å²) in [4.78, 5) is 0. The number of rotatable bonds is 3. The molecule has 0 aliphatic heterocycles. The molecule has 0 saturated carbocycles. The first-order valence-corrected chi connectivity index (χ1v) is 12.6. The molecule has 0 aliphatic carbocycles. The van der Waals surface area contributed by atoms with Crippen LogP contribution in [0.4, 0.5) is 26.3 Å². The quantitative estimate of drug-likeness (QED) is 0.214. The van der Waals surface area contributed by atoms with E-state index in [1.165, 1.54) is 24.3 Å². The Labute approximate surface area is 230 Å². The van der Waals surface area contributed by atoms with Crippen LogP contribution in [-0.4, -0.2) is 5.11 Å². The Bertz CT molecular complexity index is 1900. The van der Waals surface area contributed by atoms with Crippen LogP contribution >= 0.6 is 0 Å². The second-order valence-electron chi connectivity index (χ2n) is 9.76. The Balaban J connectivity index is 1.61. The van der Waals surface area contributed by atoms with Crippen LogP contribution in [0.1, 0.15) is 11.1 Å². The molecule has 0 unspecified atom stereocenters. The van der Waals surface area contributed by atoms with Crippen LogP contribution in [0, 0.1) is 0 Å². The lowest BCUT2D eigenvalue weighted by Gasteiger charge is -2.18. The topological polar surface area (TPSA) is 20.2 Å². The predicted octanol–water partition coefficient (Wildman–Crippen LogP) is 10.7. The standard InChI is InChI=1S/C34H20F6O/c35-33(36,37)25-13-9-20(10-14-25)24-17-22-5-1-3-7-27(22)30(19-24)31-28-8-4-2-6-23(28)18-29(32(31)41)21-11-15-26(16-12-21)34(38,39)40/h1-19,41H. The van der Waals surface area contributed by atoms with Gasteiger partial charge in [0.05, 0.1) is 11.1 Å². The molecule has 0 bridgehead atoms. The van der Waals surface area contributed by atoms with Crippen molar-refractivity contribution in [1.29, 1.82) is 0 Å². The average molecular weight is 559 g/mol. The molecule has 0 radical (unpaired) electrons. The number of hydrogen-bond donors (Lipinski definition) is 1. The molecule has 0 amide bonds. The van der Waals surface area contributed by atoms with Crippen LogP contribution in [0.2, 0.25) is 0 Å². The lowest BCUT2D eigenvalue weighted by atomic mass is 9.87. The lowest BCUT2D eigenvalue weighted by molar-refractivity contribution is -0.138. The van der Waals surface area contributed by atoms with E-state index in [1.54, 1.807) is 6.07 Å². The minimum atomic E-state index is -4.49. The zero-order valence-electron chi connectivity index (χ0n) is 21.2. The van der Waals surface area contributed by atoms with Gasteiger partial charge in [-0.15, -0.1) is 0 Å². The molecule has 1 nitrogen and oxygen atoms in total. The van der Waals surface area contributed by atoms with E-state index in [0.29, 0.717) is 33.4 Å². The maximum Gasteiger partial charge on any atom is 0.416 e. The van der Waals surface area contributed by atoms with Gasteiger partial charge in [0.2, 0.25) is 0 Å². The lowest BCUT2D eigenvalue weighted by Crippen LogP contribution is -2.04. The molecule has 6 aromatic rings. The summed E-state index contributed by atoms with van der Waals surface area (Å²) < 4.78 is 79.1. The Hall–Kier alpha value is -4.78. The molecule has 0 spiro atoms. The second kappa shape index (κ2) is 9.70. The van der Waals surface area contributed by atoms with Crippen molar-refractivity contribution < 1.29 is 31.4 Å². The van der Waals surface area contributed by atoms with Crippen LogP contribution in [0.25, 0.3) is 54.9 Å². The van der Waals surface area contributed by atoms with Crippen LogP contribution in [0.3, 0.4) is 0 Å². The van der Waals surface area contributed by atoms with Crippen molar-refractivity contribution in [3.8, 4) is 39.1 Å². The molecule has 6 rings (SSSR count). The minimum Gasteiger partial charge on any atom is -0.507 e. The number of benzene rings is 6. The van der Waals surface area contributed by atoms with Gasteiger partial charge in [-0.3, -0.25) is 0 Å². The summed E-state index contributed by atoms with van der Waals surface area (Å²) in [7, 11) is 0. The first-order chi connectivity index (χ1) is 19.5. The summed E-state index contributed by atoms with van der Waals surface area (Å²) in [5, 5.41) is 14.8. The summed E-state index contributed by atoms with van der Waals surface area (Å²) >= 11 is 0. The largest absolute Gasteiger partial charge is 0.507 e. The summed E-state index contributed by atoms with van der Waals surface area (Å²) in [5.41, 5.74) is 1.54. The van der Waals surface area contributed by atoms with Crippen molar-refractivity contribution >= 4 is 21.5 Å². The molecule has 41 heavy (non-hydrogen) atoms. The SMILES string of the molecule is Oc1c(-c2ccc(C(F)(F)F)cc2)cc2ccccc2c1-c1cc(-c2ccc(C(F)(F)F)cc2)cc2ccccc12. The van der Waals surface area contributed by atoms with Gasteiger partial charge in [-0.05, 0) is 86.3 Å². The molecule has 0 saturated heterocycles. The van der Waals surface area contributed by atoms with Gasteiger partial charge in [-0.2, -0.15) is 26.3 Å². The normalized spacial score (nSPS) is 12.2. The maximum atomic E-state index is 13.2. The number of halogens is 6. The highest BCUT2D eigenvalue weighted by Crippen LogP contribution is 2.47. The third-order valence-electron chi connectivity index (χ3n) is 7.22. The van der Waals surface area contributed by atoms with E-state index < -0.39 is 23.5 Å². The summed E-state index contributed by atoms with van der Waals surface area (Å²) in [6.07, 6.45) is -8.96. The van der Waals surface area contributed by atoms with Crippen LogP contribution < -0.4 is 0 Å². The zero-order valence-corrected chi connectivity index (χ0v) is 21.2. The fraction of sp³-hybridized carbons (Fsp3) is 0.0588. The number of hydrogen-bond acceptors (Lipinski definition) is 1. The highest BCUT2D eigenvalue weighted by atomic mass is 19.4. The van der Waals surface area contributed by atoms with Crippen LogP contribution in [0.5, 0.6) is 5.75 Å². The summed E-state index contributed by atoms with van der Waals surface area (Å²) in [6.45, 7) is 0. The second-order valence-corrected chi connectivity index (χ2v) is 9.76. The first-order valence-electron chi connectivity index (χ1n) is 12.6. The molecular weight excluding hydrogens is 538 g/mol. The van der Waals surface area contributed by atoms with Gasteiger partial charge in [0.1, 0.15) is 5.75 Å². The van der Waals surface area contributed by atoms with Gasteiger partial charge in [0.25, 0.3) is 0 Å². The molecule has 204 valence electrons. The molecule has 0 aliphatic rings.